The van der Waals surface area contributed by atoms with Crippen molar-refractivity contribution in [3.05, 3.63) is 18.2 Å². The number of carboxylic acids is 1. The minimum Gasteiger partial charge on any atom is -0.506 e. The Labute approximate surface area is 133 Å². The van der Waals surface area contributed by atoms with E-state index in [4.69, 9.17) is 5.11 Å². The third-order valence-electron chi connectivity index (χ3n) is 3.51. The van der Waals surface area contributed by atoms with Crippen LogP contribution in [0.15, 0.2) is 23.1 Å². The molecule has 0 saturated carbocycles. The average molecular weight is 342 g/mol. The Morgan fingerprint density at radius 1 is 1.17 bits per heavy atom. The summed E-state index contributed by atoms with van der Waals surface area (Å²) < 4.78 is 26.3. The Morgan fingerprint density at radius 2 is 1.83 bits per heavy atom. The minimum atomic E-state index is -3.66. The predicted octanol–water partition coefficient (Wildman–Crippen LogP) is 0.980. The number of amides is 1. The molecule has 126 valence electrons. The van der Waals surface area contributed by atoms with Gasteiger partial charge in [-0.3, -0.25) is 9.59 Å². The number of rotatable bonds is 6. The maximum atomic E-state index is 12.5. The van der Waals surface area contributed by atoms with Crippen molar-refractivity contribution in [2.24, 2.45) is 0 Å². The molecule has 2 rings (SSSR count). The van der Waals surface area contributed by atoms with Crippen molar-refractivity contribution >= 4 is 27.6 Å². The van der Waals surface area contributed by atoms with Crippen molar-refractivity contribution in [1.29, 1.82) is 0 Å². The quantitative estimate of drug-likeness (QED) is 0.662. The summed E-state index contributed by atoms with van der Waals surface area (Å²) in [6, 6.07) is 3.65. The van der Waals surface area contributed by atoms with E-state index in [1.807, 2.05) is 0 Å². The van der Waals surface area contributed by atoms with E-state index in [0.29, 0.717) is 13.1 Å². The fraction of sp³-hybridized carbons (Fsp3) is 0.429. The topological polar surface area (TPSA) is 124 Å². The number of benzene rings is 1. The smallest absolute Gasteiger partial charge is 0.303 e. The van der Waals surface area contributed by atoms with Crippen LogP contribution in [-0.2, 0) is 19.6 Å². The number of aliphatic carboxylic acids is 1. The first-order chi connectivity index (χ1) is 10.8. The number of carboxylic acid groups (broad SMARTS) is 1. The Hall–Kier alpha value is -2.13. The van der Waals surface area contributed by atoms with Gasteiger partial charge in [-0.25, -0.2) is 8.42 Å². The van der Waals surface area contributed by atoms with E-state index in [0.717, 1.165) is 12.8 Å². The van der Waals surface area contributed by atoms with Gasteiger partial charge in [0.25, 0.3) is 0 Å². The minimum absolute atomic E-state index is 0.0225. The summed E-state index contributed by atoms with van der Waals surface area (Å²) in [4.78, 5) is 22.1. The molecular weight excluding hydrogens is 324 g/mol. The Bertz CT molecular complexity index is 710. The zero-order valence-corrected chi connectivity index (χ0v) is 13.2. The lowest BCUT2D eigenvalue weighted by Gasteiger charge is -2.16. The van der Waals surface area contributed by atoms with Gasteiger partial charge in [0.2, 0.25) is 15.9 Å². The van der Waals surface area contributed by atoms with Crippen molar-refractivity contribution in [2.45, 2.75) is 30.6 Å². The van der Waals surface area contributed by atoms with Gasteiger partial charge in [-0.05, 0) is 31.0 Å². The molecule has 23 heavy (non-hydrogen) atoms. The number of nitrogens with one attached hydrogen (secondary N) is 1. The molecular formula is C14H18N2O6S. The van der Waals surface area contributed by atoms with Crippen molar-refractivity contribution < 1.29 is 28.2 Å². The molecule has 0 radical (unpaired) electrons. The van der Waals surface area contributed by atoms with Gasteiger partial charge in [-0.2, -0.15) is 4.31 Å². The third kappa shape index (κ3) is 4.20. The number of nitrogens with zero attached hydrogens (tertiary/aromatic N) is 1. The number of hydrogen-bond donors (Lipinski definition) is 3. The lowest BCUT2D eigenvalue weighted by atomic mass is 10.2. The summed E-state index contributed by atoms with van der Waals surface area (Å²) >= 11 is 0. The molecule has 0 aromatic heterocycles. The monoisotopic (exact) mass is 342 g/mol. The van der Waals surface area contributed by atoms with Gasteiger partial charge in [-0.1, -0.05) is 0 Å². The van der Waals surface area contributed by atoms with Crippen LogP contribution in [0.5, 0.6) is 5.75 Å². The van der Waals surface area contributed by atoms with Crippen molar-refractivity contribution in [3.8, 4) is 5.75 Å². The first kappa shape index (κ1) is 17.2. The Morgan fingerprint density at radius 3 is 2.43 bits per heavy atom. The van der Waals surface area contributed by atoms with Crippen molar-refractivity contribution in [1.82, 2.24) is 4.31 Å². The predicted molar refractivity (Wildman–Crippen MR) is 81.6 cm³/mol. The highest BCUT2D eigenvalue weighted by Gasteiger charge is 2.27. The summed E-state index contributed by atoms with van der Waals surface area (Å²) in [5.74, 6) is -2.01. The zero-order chi connectivity index (χ0) is 17.0. The van der Waals surface area contributed by atoms with Crippen LogP contribution >= 0.6 is 0 Å². The molecule has 8 nitrogen and oxygen atoms in total. The summed E-state index contributed by atoms with van der Waals surface area (Å²) in [5, 5.41) is 20.6. The van der Waals surface area contributed by atoms with E-state index in [1.54, 1.807) is 0 Å². The molecule has 1 heterocycles. The van der Waals surface area contributed by atoms with E-state index >= 15 is 0 Å². The second-order valence-electron chi connectivity index (χ2n) is 5.23. The van der Waals surface area contributed by atoms with Gasteiger partial charge < -0.3 is 15.5 Å². The average Bonchev–Trinajstić information content (AvgIpc) is 3.02. The normalized spacial score (nSPS) is 15.5. The van der Waals surface area contributed by atoms with Gasteiger partial charge in [0.15, 0.2) is 0 Å². The fourth-order valence-electron chi connectivity index (χ4n) is 2.29. The second kappa shape index (κ2) is 6.97. The largest absolute Gasteiger partial charge is 0.506 e. The molecule has 0 atom stereocenters. The van der Waals surface area contributed by atoms with Gasteiger partial charge >= 0.3 is 5.97 Å². The van der Waals surface area contributed by atoms with Crippen LogP contribution in [0.3, 0.4) is 0 Å². The number of anilines is 1. The highest BCUT2D eigenvalue weighted by Crippen LogP contribution is 2.29. The van der Waals surface area contributed by atoms with Crippen molar-refractivity contribution in [2.75, 3.05) is 18.4 Å². The number of phenolic OH excluding ortho intramolecular Hbond substituents is 1. The molecule has 0 spiro atoms. The SMILES string of the molecule is O=C(O)CCC(=O)Nc1cc(S(=O)(=O)N2CCCC2)ccc1O. The molecule has 1 fully saturated rings. The lowest BCUT2D eigenvalue weighted by Crippen LogP contribution is -2.28. The molecule has 1 amide bonds. The fourth-order valence-corrected chi connectivity index (χ4v) is 3.83. The molecule has 1 aliphatic heterocycles. The van der Waals surface area contributed by atoms with E-state index in [9.17, 15) is 23.1 Å². The molecule has 0 unspecified atom stereocenters. The number of carbonyl (C=O) groups excluding carboxylic acids is 1. The van der Waals surface area contributed by atoms with E-state index < -0.39 is 21.9 Å². The third-order valence-corrected chi connectivity index (χ3v) is 5.41. The van der Waals surface area contributed by atoms with E-state index in [2.05, 4.69) is 5.32 Å². The summed E-state index contributed by atoms with van der Waals surface area (Å²) in [6.07, 6.45) is 0.989. The molecule has 1 aliphatic rings. The van der Waals surface area contributed by atoms with Gasteiger partial charge in [0, 0.05) is 19.5 Å². The Kier molecular flexibility index (Phi) is 5.22. The molecule has 1 aromatic carbocycles. The van der Waals surface area contributed by atoms with Crippen LogP contribution in [0, 0.1) is 0 Å². The maximum Gasteiger partial charge on any atom is 0.303 e. The molecule has 0 bridgehead atoms. The first-order valence-corrected chi connectivity index (χ1v) is 8.59. The van der Waals surface area contributed by atoms with Gasteiger partial charge in [0.05, 0.1) is 17.0 Å². The number of sulfonamides is 1. The summed E-state index contributed by atoms with van der Waals surface area (Å²) in [6.45, 7) is 0.896. The summed E-state index contributed by atoms with van der Waals surface area (Å²) in [5.41, 5.74) is -0.0549. The molecule has 0 aliphatic carbocycles. The molecule has 1 saturated heterocycles. The van der Waals surface area contributed by atoms with Crippen LogP contribution in [0.25, 0.3) is 0 Å². The van der Waals surface area contributed by atoms with Crippen LogP contribution in [-0.4, -0.2) is 47.9 Å². The summed E-state index contributed by atoms with van der Waals surface area (Å²) in [7, 11) is -3.66. The molecule has 9 heteroatoms. The van der Waals surface area contributed by atoms with Crippen molar-refractivity contribution in [3.63, 3.8) is 0 Å². The van der Waals surface area contributed by atoms with Gasteiger partial charge in [0.1, 0.15) is 5.75 Å². The highest BCUT2D eigenvalue weighted by atomic mass is 32.2. The first-order valence-electron chi connectivity index (χ1n) is 7.15. The van der Waals surface area contributed by atoms with Crippen LogP contribution in [0.1, 0.15) is 25.7 Å². The van der Waals surface area contributed by atoms with Crippen LogP contribution < -0.4 is 5.32 Å². The van der Waals surface area contributed by atoms with E-state index in [1.165, 1.54) is 22.5 Å². The number of hydrogen-bond acceptors (Lipinski definition) is 5. The number of aromatic hydroxyl groups is 1. The van der Waals surface area contributed by atoms with E-state index in [-0.39, 0.29) is 29.2 Å². The standard InChI is InChI=1S/C14H18N2O6S/c17-12-4-3-10(23(21,22)16-7-1-2-8-16)9-11(12)15-13(18)5-6-14(19)20/h3-4,9,17H,1-2,5-8H2,(H,15,18)(H,19,20). The molecule has 3 N–H and O–H groups in total. The lowest BCUT2D eigenvalue weighted by molar-refractivity contribution is -0.138. The van der Waals surface area contributed by atoms with Gasteiger partial charge in [-0.15, -0.1) is 0 Å². The van der Waals surface area contributed by atoms with Crippen LogP contribution in [0.2, 0.25) is 0 Å². The number of phenols is 1. The Balaban J connectivity index is 2.18. The number of carbonyl (C=O) groups is 2. The zero-order valence-electron chi connectivity index (χ0n) is 12.4. The maximum absolute atomic E-state index is 12.5. The van der Waals surface area contributed by atoms with Crippen LogP contribution in [0.4, 0.5) is 5.69 Å². The highest BCUT2D eigenvalue weighted by molar-refractivity contribution is 7.89. The molecule has 1 aromatic rings. The second-order valence-corrected chi connectivity index (χ2v) is 7.17.